The molecule has 33 heavy (non-hydrogen) atoms. The Labute approximate surface area is 196 Å². The van der Waals surface area contributed by atoms with E-state index in [1.165, 1.54) is 23.5 Å². The van der Waals surface area contributed by atoms with Crippen molar-refractivity contribution in [1.82, 2.24) is 4.57 Å². The van der Waals surface area contributed by atoms with Crippen LogP contribution in [0.3, 0.4) is 0 Å². The Kier molecular flexibility index (Phi) is 6.61. The number of aryl methyl sites for hydroxylation is 1. The van der Waals surface area contributed by atoms with Crippen LogP contribution in [-0.4, -0.2) is 41.2 Å². The summed E-state index contributed by atoms with van der Waals surface area (Å²) in [4.78, 5) is 40.0. The first-order valence-corrected chi connectivity index (χ1v) is 11.2. The first-order valence-electron chi connectivity index (χ1n) is 9.99. The van der Waals surface area contributed by atoms with Crippen molar-refractivity contribution < 1.29 is 28.7 Å². The van der Waals surface area contributed by atoms with Crippen molar-refractivity contribution in [2.75, 3.05) is 19.8 Å². The van der Waals surface area contributed by atoms with Crippen molar-refractivity contribution >= 4 is 50.7 Å². The summed E-state index contributed by atoms with van der Waals surface area (Å²) in [6.45, 7) is 2.97. The normalized spacial score (nSPS) is 13.2. The van der Waals surface area contributed by atoms with Crippen molar-refractivity contribution in [2.45, 2.75) is 19.9 Å². The number of nitrogens with zero attached hydrogens (tertiary/aromatic N) is 3. The summed E-state index contributed by atoms with van der Waals surface area (Å²) in [5.41, 5.74) is 0.0538. The molecule has 10 nitrogen and oxygen atoms in total. The van der Waals surface area contributed by atoms with E-state index in [4.69, 9.17) is 25.8 Å². The highest BCUT2D eigenvalue weighted by molar-refractivity contribution is 7.16. The monoisotopic (exact) mass is 491 g/mol. The van der Waals surface area contributed by atoms with Gasteiger partial charge in [0.25, 0.3) is 11.6 Å². The van der Waals surface area contributed by atoms with Crippen molar-refractivity contribution in [3.63, 3.8) is 0 Å². The number of rotatable bonds is 6. The molecule has 0 N–H and O–H groups in total. The van der Waals surface area contributed by atoms with Crippen molar-refractivity contribution in [2.24, 2.45) is 4.99 Å². The molecule has 0 saturated carbocycles. The van der Waals surface area contributed by atoms with Crippen LogP contribution in [-0.2, 0) is 16.1 Å². The summed E-state index contributed by atoms with van der Waals surface area (Å²) in [7, 11) is 0. The molecular weight excluding hydrogens is 474 g/mol. The van der Waals surface area contributed by atoms with E-state index in [0.29, 0.717) is 30.2 Å². The van der Waals surface area contributed by atoms with Crippen molar-refractivity contribution in [1.29, 1.82) is 0 Å². The average Bonchev–Trinajstić information content (AvgIpc) is 3.11. The minimum absolute atomic E-state index is 0.0484. The van der Waals surface area contributed by atoms with Crippen LogP contribution in [0.25, 0.3) is 10.2 Å². The number of carbonyl (C=O) groups excluding carboxylic acids is 2. The smallest absolute Gasteiger partial charge is 0.307 e. The lowest BCUT2D eigenvalue weighted by Gasteiger charge is -2.18. The minimum atomic E-state index is -0.821. The molecule has 3 aromatic rings. The zero-order valence-corrected chi connectivity index (χ0v) is 19.0. The number of fused-ring (bicyclic) bond motifs is 2. The second-order valence-electron chi connectivity index (χ2n) is 6.89. The summed E-state index contributed by atoms with van der Waals surface area (Å²) in [5.74, 6) is -0.113. The maximum atomic E-state index is 12.9. The van der Waals surface area contributed by atoms with Gasteiger partial charge in [0.1, 0.15) is 18.8 Å². The zero-order valence-electron chi connectivity index (χ0n) is 17.4. The fourth-order valence-corrected chi connectivity index (χ4v) is 4.57. The van der Waals surface area contributed by atoms with E-state index in [1.54, 1.807) is 23.6 Å². The van der Waals surface area contributed by atoms with Gasteiger partial charge < -0.3 is 18.8 Å². The Morgan fingerprint density at radius 1 is 1.24 bits per heavy atom. The second kappa shape index (κ2) is 9.59. The lowest BCUT2D eigenvalue weighted by molar-refractivity contribution is -0.385. The van der Waals surface area contributed by atoms with Crippen molar-refractivity contribution in [3.8, 4) is 11.5 Å². The van der Waals surface area contributed by atoms with Gasteiger partial charge in [-0.05, 0) is 19.1 Å². The number of hydrogen-bond donors (Lipinski definition) is 0. The SMILES string of the molecule is CCOC(=O)CCn1c(=NC(=O)c2cc(Cl)ccc2[N+](=O)[O-])sc2cc3c(cc21)OCCO3. The number of carbonyl (C=O) groups is 2. The van der Waals surface area contributed by atoms with Gasteiger partial charge in [-0.25, -0.2) is 0 Å². The molecule has 0 unspecified atom stereocenters. The molecule has 4 rings (SSSR count). The number of esters is 1. The van der Waals surface area contributed by atoms with E-state index in [2.05, 4.69) is 4.99 Å². The van der Waals surface area contributed by atoms with E-state index < -0.39 is 22.5 Å². The zero-order chi connectivity index (χ0) is 23.5. The number of hydrogen-bond acceptors (Lipinski definition) is 8. The minimum Gasteiger partial charge on any atom is -0.486 e. The molecule has 0 fully saturated rings. The first-order chi connectivity index (χ1) is 15.9. The Bertz CT molecular complexity index is 1330. The molecule has 172 valence electrons. The molecule has 12 heteroatoms. The number of nitro groups is 1. The molecular formula is C21H18ClN3O7S. The van der Waals surface area contributed by atoms with E-state index in [9.17, 15) is 19.7 Å². The molecule has 2 aromatic carbocycles. The van der Waals surface area contributed by atoms with Gasteiger partial charge in [-0.15, -0.1) is 0 Å². The van der Waals surface area contributed by atoms with E-state index in [1.807, 2.05) is 0 Å². The summed E-state index contributed by atoms with van der Waals surface area (Å²) < 4.78 is 18.7. The first kappa shape index (κ1) is 22.7. The summed E-state index contributed by atoms with van der Waals surface area (Å²) in [6, 6.07) is 7.24. The Morgan fingerprint density at radius 2 is 1.97 bits per heavy atom. The second-order valence-corrected chi connectivity index (χ2v) is 8.34. The van der Waals surface area contributed by atoms with Crippen LogP contribution in [0.15, 0.2) is 35.3 Å². The van der Waals surface area contributed by atoms with Crippen LogP contribution >= 0.6 is 22.9 Å². The summed E-state index contributed by atoms with van der Waals surface area (Å²) >= 11 is 7.14. The molecule has 1 aliphatic rings. The Morgan fingerprint density at radius 3 is 2.67 bits per heavy atom. The Balaban J connectivity index is 1.83. The lowest BCUT2D eigenvalue weighted by atomic mass is 10.2. The van der Waals surface area contributed by atoms with Gasteiger partial charge in [0.15, 0.2) is 16.3 Å². The van der Waals surface area contributed by atoms with Gasteiger partial charge in [-0.2, -0.15) is 4.99 Å². The standard InChI is InChI=1S/C21H18ClN3O7S/c1-2-30-19(26)5-6-24-15-10-16-17(32-8-7-31-16)11-18(15)33-21(24)23-20(27)13-9-12(22)3-4-14(13)25(28)29/h3-4,9-11H,2,5-8H2,1H3. The lowest BCUT2D eigenvalue weighted by Crippen LogP contribution is -2.20. The molecule has 1 aliphatic heterocycles. The number of amides is 1. The van der Waals surface area contributed by atoms with Crippen LogP contribution < -0.4 is 14.3 Å². The third kappa shape index (κ3) is 4.83. The number of thiazole rings is 1. The van der Waals surface area contributed by atoms with E-state index >= 15 is 0 Å². The topological polar surface area (TPSA) is 122 Å². The van der Waals surface area contributed by atoms with Crippen LogP contribution in [0, 0.1) is 10.1 Å². The van der Waals surface area contributed by atoms with Gasteiger partial charge >= 0.3 is 5.97 Å². The van der Waals surface area contributed by atoms with Crippen molar-refractivity contribution in [3.05, 3.63) is 55.8 Å². The number of nitro benzene ring substituents is 1. The van der Waals surface area contributed by atoms with E-state index in [0.717, 1.165) is 10.8 Å². The van der Waals surface area contributed by atoms with Gasteiger partial charge in [-0.1, -0.05) is 22.9 Å². The van der Waals surface area contributed by atoms with Crippen LogP contribution in [0.5, 0.6) is 11.5 Å². The predicted octanol–water partition coefficient (Wildman–Crippen LogP) is 3.73. The van der Waals surface area contributed by atoms with Gasteiger partial charge in [0.2, 0.25) is 0 Å². The molecule has 0 radical (unpaired) electrons. The highest BCUT2D eigenvalue weighted by Crippen LogP contribution is 2.35. The van der Waals surface area contributed by atoms with Crippen LogP contribution in [0.2, 0.25) is 5.02 Å². The maximum absolute atomic E-state index is 12.9. The predicted molar refractivity (Wildman–Crippen MR) is 120 cm³/mol. The summed E-state index contributed by atoms with van der Waals surface area (Å²) in [6.07, 6.45) is 0.0484. The molecule has 2 heterocycles. The molecule has 1 amide bonds. The number of aromatic nitrogens is 1. The largest absolute Gasteiger partial charge is 0.486 e. The van der Waals surface area contributed by atoms with Gasteiger partial charge in [0, 0.05) is 29.8 Å². The molecule has 0 saturated heterocycles. The molecule has 0 atom stereocenters. The summed E-state index contributed by atoms with van der Waals surface area (Å²) in [5, 5.41) is 11.5. The number of benzene rings is 2. The maximum Gasteiger partial charge on any atom is 0.307 e. The molecule has 0 aliphatic carbocycles. The third-order valence-corrected chi connectivity index (χ3v) is 6.05. The fourth-order valence-electron chi connectivity index (χ4n) is 3.33. The van der Waals surface area contributed by atoms with E-state index in [-0.39, 0.29) is 35.0 Å². The average molecular weight is 492 g/mol. The Hall–Kier alpha value is -3.44. The van der Waals surface area contributed by atoms with Crippen LogP contribution in [0.1, 0.15) is 23.7 Å². The quantitative estimate of drug-likeness (QED) is 0.292. The molecule has 1 aromatic heterocycles. The number of halogens is 1. The van der Waals surface area contributed by atoms with Gasteiger partial charge in [-0.3, -0.25) is 19.7 Å². The highest BCUT2D eigenvalue weighted by atomic mass is 35.5. The van der Waals surface area contributed by atoms with Crippen LogP contribution in [0.4, 0.5) is 5.69 Å². The number of ether oxygens (including phenoxy) is 3. The highest BCUT2D eigenvalue weighted by Gasteiger charge is 2.22. The molecule has 0 bridgehead atoms. The fraction of sp³-hybridized carbons (Fsp3) is 0.286. The van der Waals surface area contributed by atoms with Gasteiger partial charge in [0.05, 0.1) is 28.2 Å². The molecule has 0 spiro atoms. The third-order valence-electron chi connectivity index (χ3n) is 4.77.